The maximum atomic E-state index is 12.6. The van der Waals surface area contributed by atoms with Crippen molar-refractivity contribution in [1.29, 1.82) is 0 Å². The molecular weight excluding hydrogens is 257 g/mol. The van der Waals surface area contributed by atoms with Gasteiger partial charge >= 0.3 is 6.18 Å². The maximum absolute atomic E-state index is 12.6. The predicted octanol–water partition coefficient (Wildman–Crippen LogP) is 1.67. The first-order chi connectivity index (χ1) is 8.95. The largest absolute Gasteiger partial charge is 0.433 e. The van der Waals surface area contributed by atoms with E-state index in [0.29, 0.717) is 24.9 Å². The summed E-state index contributed by atoms with van der Waals surface area (Å²) in [6.45, 7) is 1.19. The SMILES string of the molecule is NC1CN(c2nccc(C(F)(F)F)n2)CC1C1CC1. The van der Waals surface area contributed by atoms with Gasteiger partial charge in [-0.05, 0) is 30.7 Å². The summed E-state index contributed by atoms with van der Waals surface area (Å²) >= 11 is 0. The minimum absolute atomic E-state index is 0.00522. The van der Waals surface area contributed by atoms with Gasteiger partial charge in [-0.3, -0.25) is 0 Å². The van der Waals surface area contributed by atoms with Gasteiger partial charge in [-0.1, -0.05) is 0 Å². The van der Waals surface area contributed by atoms with Crippen LogP contribution in [0.4, 0.5) is 19.1 Å². The van der Waals surface area contributed by atoms with Crippen LogP contribution in [0.3, 0.4) is 0 Å². The lowest BCUT2D eigenvalue weighted by Gasteiger charge is -2.17. The molecule has 7 heteroatoms. The fourth-order valence-electron chi connectivity index (χ4n) is 2.70. The van der Waals surface area contributed by atoms with E-state index in [0.717, 1.165) is 12.3 Å². The van der Waals surface area contributed by atoms with Gasteiger partial charge in [0.05, 0.1) is 0 Å². The van der Waals surface area contributed by atoms with Crippen molar-refractivity contribution in [1.82, 2.24) is 9.97 Å². The molecule has 19 heavy (non-hydrogen) atoms. The number of anilines is 1. The minimum atomic E-state index is -4.44. The highest BCUT2D eigenvalue weighted by atomic mass is 19.4. The Hall–Kier alpha value is -1.37. The van der Waals surface area contributed by atoms with Crippen molar-refractivity contribution in [2.24, 2.45) is 17.6 Å². The lowest BCUT2D eigenvalue weighted by atomic mass is 9.99. The Morgan fingerprint density at radius 1 is 1.26 bits per heavy atom. The molecule has 2 atom stereocenters. The van der Waals surface area contributed by atoms with Crippen LogP contribution in [-0.4, -0.2) is 29.1 Å². The van der Waals surface area contributed by atoms with E-state index in [1.54, 1.807) is 4.90 Å². The van der Waals surface area contributed by atoms with Crippen LogP contribution in [0.15, 0.2) is 12.3 Å². The molecule has 1 aliphatic heterocycles. The van der Waals surface area contributed by atoms with E-state index in [4.69, 9.17) is 5.73 Å². The molecule has 1 aromatic rings. The topological polar surface area (TPSA) is 55.0 Å². The molecule has 1 aromatic heterocycles. The number of aromatic nitrogens is 2. The second kappa shape index (κ2) is 4.33. The Balaban J connectivity index is 1.79. The Kier molecular flexibility index (Phi) is 2.88. The van der Waals surface area contributed by atoms with E-state index < -0.39 is 11.9 Å². The van der Waals surface area contributed by atoms with E-state index in [-0.39, 0.29) is 12.0 Å². The third kappa shape index (κ3) is 2.51. The van der Waals surface area contributed by atoms with E-state index in [1.165, 1.54) is 12.8 Å². The number of hydrogen-bond donors (Lipinski definition) is 1. The maximum Gasteiger partial charge on any atom is 0.433 e. The molecule has 1 saturated carbocycles. The average molecular weight is 272 g/mol. The van der Waals surface area contributed by atoms with Gasteiger partial charge in [0.2, 0.25) is 5.95 Å². The zero-order chi connectivity index (χ0) is 13.6. The number of nitrogens with zero attached hydrogens (tertiary/aromatic N) is 3. The third-order valence-corrected chi connectivity index (χ3v) is 3.86. The molecule has 0 amide bonds. The summed E-state index contributed by atoms with van der Waals surface area (Å²) in [4.78, 5) is 9.32. The normalized spacial score (nSPS) is 27.9. The van der Waals surface area contributed by atoms with Gasteiger partial charge in [-0.15, -0.1) is 0 Å². The summed E-state index contributed by atoms with van der Waals surface area (Å²) in [5.74, 6) is 1.12. The first-order valence-electron chi connectivity index (χ1n) is 6.36. The average Bonchev–Trinajstić information content (AvgIpc) is 3.12. The lowest BCUT2D eigenvalue weighted by Crippen LogP contribution is -2.30. The standard InChI is InChI=1S/C12H15F3N4/c13-12(14,15)10-3-4-17-11(18-10)19-5-8(7-1-2-7)9(16)6-19/h3-4,7-9H,1-2,5-6,16H2. The molecule has 2 N–H and O–H groups in total. The molecule has 104 valence electrons. The van der Waals surface area contributed by atoms with Crippen molar-refractivity contribution >= 4 is 5.95 Å². The van der Waals surface area contributed by atoms with Gasteiger partial charge in [-0.2, -0.15) is 13.2 Å². The molecule has 2 fully saturated rings. The summed E-state index contributed by atoms with van der Waals surface area (Å²) in [6.07, 6.45) is -0.929. The quantitative estimate of drug-likeness (QED) is 0.889. The first-order valence-corrected chi connectivity index (χ1v) is 6.36. The van der Waals surface area contributed by atoms with Crippen LogP contribution in [0.25, 0.3) is 0 Å². The number of rotatable bonds is 2. The summed E-state index contributed by atoms with van der Waals surface area (Å²) in [5, 5.41) is 0. The second-order valence-corrected chi connectivity index (χ2v) is 5.31. The van der Waals surface area contributed by atoms with E-state index in [1.807, 2.05) is 0 Å². The molecule has 2 aliphatic rings. The molecule has 0 spiro atoms. The third-order valence-electron chi connectivity index (χ3n) is 3.86. The highest BCUT2D eigenvalue weighted by molar-refractivity contribution is 5.34. The van der Waals surface area contributed by atoms with Gasteiger partial charge in [-0.25, -0.2) is 9.97 Å². The van der Waals surface area contributed by atoms with Crippen molar-refractivity contribution in [3.8, 4) is 0 Å². The van der Waals surface area contributed by atoms with Crippen molar-refractivity contribution < 1.29 is 13.2 Å². The molecule has 1 aliphatic carbocycles. The molecular formula is C12H15F3N4. The predicted molar refractivity (Wildman–Crippen MR) is 63.4 cm³/mol. The summed E-state index contributed by atoms with van der Waals surface area (Å²) in [5.41, 5.74) is 5.15. The van der Waals surface area contributed by atoms with Crippen LogP contribution < -0.4 is 10.6 Å². The monoisotopic (exact) mass is 272 g/mol. The Morgan fingerprint density at radius 2 is 2.00 bits per heavy atom. The lowest BCUT2D eigenvalue weighted by molar-refractivity contribution is -0.141. The summed E-state index contributed by atoms with van der Waals surface area (Å²) in [6, 6.07) is 0.892. The molecule has 4 nitrogen and oxygen atoms in total. The second-order valence-electron chi connectivity index (χ2n) is 5.31. The minimum Gasteiger partial charge on any atom is -0.339 e. The van der Waals surface area contributed by atoms with Gasteiger partial charge in [0.25, 0.3) is 0 Å². The van der Waals surface area contributed by atoms with Gasteiger partial charge in [0.1, 0.15) is 5.69 Å². The van der Waals surface area contributed by atoms with Crippen molar-refractivity contribution in [2.45, 2.75) is 25.1 Å². The van der Waals surface area contributed by atoms with Crippen LogP contribution in [0.2, 0.25) is 0 Å². The van der Waals surface area contributed by atoms with Gasteiger partial charge in [0.15, 0.2) is 0 Å². The van der Waals surface area contributed by atoms with Crippen molar-refractivity contribution in [3.63, 3.8) is 0 Å². The molecule has 3 rings (SSSR count). The highest BCUT2D eigenvalue weighted by Crippen LogP contribution is 2.41. The van der Waals surface area contributed by atoms with E-state index in [9.17, 15) is 13.2 Å². The van der Waals surface area contributed by atoms with Crippen LogP contribution in [0, 0.1) is 11.8 Å². The van der Waals surface area contributed by atoms with Crippen LogP contribution >= 0.6 is 0 Å². The summed E-state index contributed by atoms with van der Waals surface area (Å²) in [7, 11) is 0. The molecule has 0 bridgehead atoms. The fraction of sp³-hybridized carbons (Fsp3) is 0.667. The molecule has 2 heterocycles. The Labute approximate surface area is 108 Å². The van der Waals surface area contributed by atoms with E-state index >= 15 is 0 Å². The smallest absolute Gasteiger partial charge is 0.339 e. The van der Waals surface area contributed by atoms with Gasteiger partial charge in [0, 0.05) is 25.3 Å². The van der Waals surface area contributed by atoms with Crippen LogP contribution in [0.5, 0.6) is 0 Å². The first kappa shape index (κ1) is 12.7. The number of hydrogen-bond acceptors (Lipinski definition) is 4. The van der Waals surface area contributed by atoms with Crippen molar-refractivity contribution in [2.75, 3.05) is 18.0 Å². The number of alkyl halides is 3. The zero-order valence-corrected chi connectivity index (χ0v) is 10.3. The summed E-state index contributed by atoms with van der Waals surface area (Å²) < 4.78 is 37.8. The zero-order valence-electron chi connectivity index (χ0n) is 10.3. The Bertz CT molecular complexity index is 472. The number of nitrogens with two attached hydrogens (primary N) is 1. The number of halogens is 3. The molecule has 2 unspecified atom stereocenters. The molecule has 0 aromatic carbocycles. The molecule has 0 radical (unpaired) electrons. The van der Waals surface area contributed by atoms with Crippen LogP contribution in [0.1, 0.15) is 18.5 Å². The molecule has 1 saturated heterocycles. The van der Waals surface area contributed by atoms with E-state index in [2.05, 4.69) is 9.97 Å². The van der Waals surface area contributed by atoms with Crippen molar-refractivity contribution in [3.05, 3.63) is 18.0 Å². The fourth-order valence-corrected chi connectivity index (χ4v) is 2.70. The highest BCUT2D eigenvalue weighted by Gasteiger charge is 2.42. The van der Waals surface area contributed by atoms with Crippen LogP contribution in [-0.2, 0) is 6.18 Å². The Morgan fingerprint density at radius 3 is 2.63 bits per heavy atom. The van der Waals surface area contributed by atoms with Gasteiger partial charge < -0.3 is 10.6 Å².